The highest BCUT2D eigenvalue weighted by molar-refractivity contribution is 6.29. The summed E-state index contributed by atoms with van der Waals surface area (Å²) >= 11 is 5.91. The third kappa shape index (κ3) is 1.55. The number of hydrogen-bond acceptors (Lipinski definition) is 3. The molecule has 2 aliphatic rings. The minimum Gasteiger partial charge on any atom is -0.365 e. The van der Waals surface area contributed by atoms with Gasteiger partial charge in [-0.05, 0) is 12.8 Å². The third-order valence-corrected chi connectivity index (χ3v) is 4.35. The molecule has 100 valence electrons. The Balaban J connectivity index is 1.83. The summed E-state index contributed by atoms with van der Waals surface area (Å²) in [6.45, 7) is 0.948. The highest BCUT2D eigenvalue weighted by Gasteiger charge is 2.56. The van der Waals surface area contributed by atoms with Crippen LogP contribution in [0, 0.1) is 11.4 Å². The molecule has 3 heterocycles. The van der Waals surface area contributed by atoms with E-state index in [9.17, 15) is 8.78 Å². The Morgan fingerprint density at radius 1 is 1.42 bits per heavy atom. The first-order valence-corrected chi connectivity index (χ1v) is 6.56. The van der Waals surface area contributed by atoms with E-state index in [0.29, 0.717) is 24.4 Å². The molecular weight excluding hydrogens is 274 g/mol. The van der Waals surface area contributed by atoms with Crippen LogP contribution < -0.4 is 4.90 Å². The second-order valence-corrected chi connectivity index (χ2v) is 5.77. The number of imidazole rings is 1. The van der Waals surface area contributed by atoms with Crippen LogP contribution in [0.5, 0.6) is 0 Å². The van der Waals surface area contributed by atoms with Crippen molar-refractivity contribution in [2.24, 2.45) is 5.41 Å². The third-order valence-electron chi connectivity index (χ3n) is 4.16. The topological polar surface area (TPSA) is 33.4 Å². The van der Waals surface area contributed by atoms with Gasteiger partial charge in [-0.25, -0.2) is 9.37 Å². The van der Waals surface area contributed by atoms with Crippen LogP contribution >= 0.6 is 11.6 Å². The van der Waals surface area contributed by atoms with Gasteiger partial charge in [0.25, 0.3) is 0 Å². The van der Waals surface area contributed by atoms with Gasteiger partial charge < -0.3 is 4.90 Å². The van der Waals surface area contributed by atoms with Crippen molar-refractivity contribution in [3.05, 3.63) is 23.4 Å². The molecule has 1 unspecified atom stereocenters. The largest absolute Gasteiger partial charge is 0.365 e. The zero-order valence-corrected chi connectivity index (χ0v) is 10.7. The summed E-state index contributed by atoms with van der Waals surface area (Å²) in [5, 5.41) is 4.04. The van der Waals surface area contributed by atoms with Crippen LogP contribution in [0.3, 0.4) is 0 Å². The number of fused-ring (bicyclic) bond motifs is 1. The van der Waals surface area contributed by atoms with E-state index < -0.39 is 12.1 Å². The lowest BCUT2D eigenvalue weighted by Crippen LogP contribution is -2.21. The van der Waals surface area contributed by atoms with Gasteiger partial charge in [0.2, 0.25) is 5.95 Å². The van der Waals surface area contributed by atoms with Gasteiger partial charge in [-0.15, -0.1) is 0 Å². The second-order valence-electron chi connectivity index (χ2n) is 5.38. The van der Waals surface area contributed by atoms with E-state index in [1.807, 2.05) is 4.90 Å². The summed E-state index contributed by atoms with van der Waals surface area (Å²) in [6, 6.07) is 1.62. The van der Waals surface area contributed by atoms with Gasteiger partial charge in [-0.2, -0.15) is 14.0 Å². The molecule has 0 radical (unpaired) electrons. The number of anilines is 1. The minimum absolute atomic E-state index is 0.173. The van der Waals surface area contributed by atoms with E-state index in [1.54, 1.807) is 6.07 Å². The zero-order valence-electron chi connectivity index (χ0n) is 9.98. The van der Waals surface area contributed by atoms with Gasteiger partial charge in [-0.1, -0.05) is 11.6 Å². The maximum atomic E-state index is 14.0. The van der Waals surface area contributed by atoms with Crippen LogP contribution in [0.4, 0.5) is 14.5 Å². The van der Waals surface area contributed by atoms with Gasteiger partial charge >= 0.3 is 0 Å². The molecule has 7 heteroatoms. The van der Waals surface area contributed by atoms with Crippen LogP contribution in [0.15, 0.2) is 12.3 Å². The van der Waals surface area contributed by atoms with Gasteiger partial charge in [-0.3, -0.25) is 0 Å². The van der Waals surface area contributed by atoms with E-state index in [2.05, 4.69) is 10.1 Å². The SMILES string of the molecule is Fc1cnc2c(N3CC(F)C4(CC4)C3)cc(Cl)nn12. The Morgan fingerprint density at radius 2 is 2.21 bits per heavy atom. The molecule has 1 saturated carbocycles. The molecule has 4 nitrogen and oxygen atoms in total. The molecule has 2 aromatic heterocycles. The predicted octanol–water partition coefficient (Wildman–Crippen LogP) is 2.46. The average molecular weight is 285 g/mol. The molecule has 2 fully saturated rings. The van der Waals surface area contributed by atoms with Gasteiger partial charge in [0.15, 0.2) is 10.8 Å². The summed E-state index contributed by atoms with van der Waals surface area (Å²) in [4.78, 5) is 5.90. The van der Waals surface area contributed by atoms with E-state index in [1.165, 1.54) is 0 Å². The smallest absolute Gasteiger partial charge is 0.234 e. The van der Waals surface area contributed by atoms with Crippen molar-refractivity contribution in [2.45, 2.75) is 19.0 Å². The van der Waals surface area contributed by atoms with Crippen LogP contribution in [0.1, 0.15) is 12.8 Å². The first-order chi connectivity index (χ1) is 9.09. The molecule has 1 atom stereocenters. The van der Waals surface area contributed by atoms with Crippen molar-refractivity contribution < 1.29 is 8.78 Å². The number of nitrogens with zero attached hydrogens (tertiary/aromatic N) is 4. The Hall–Kier alpha value is -1.43. The van der Waals surface area contributed by atoms with Crippen LogP contribution in [-0.2, 0) is 0 Å². The number of hydrogen-bond donors (Lipinski definition) is 0. The summed E-state index contributed by atoms with van der Waals surface area (Å²) in [5.41, 5.74) is 0.833. The first-order valence-electron chi connectivity index (χ1n) is 6.18. The fraction of sp³-hybridized carbons (Fsp3) is 0.500. The normalized spacial score (nSPS) is 24.6. The van der Waals surface area contributed by atoms with Crippen LogP contribution in [-0.4, -0.2) is 33.9 Å². The molecule has 0 N–H and O–H groups in total. The van der Waals surface area contributed by atoms with Gasteiger partial charge in [0.1, 0.15) is 6.17 Å². The van der Waals surface area contributed by atoms with E-state index in [0.717, 1.165) is 23.6 Å². The van der Waals surface area contributed by atoms with E-state index in [4.69, 9.17) is 11.6 Å². The van der Waals surface area contributed by atoms with Gasteiger partial charge in [0, 0.05) is 24.6 Å². The standard InChI is InChI=1S/C12H11ClF2N4/c13-9-3-7(11-16-4-10(15)19(11)17-9)18-5-8(14)12(6-18)1-2-12/h3-4,8H,1-2,5-6H2. The molecule has 1 saturated heterocycles. The molecule has 0 aromatic carbocycles. The number of rotatable bonds is 1. The second kappa shape index (κ2) is 3.56. The zero-order chi connectivity index (χ0) is 13.2. The summed E-state index contributed by atoms with van der Waals surface area (Å²) in [7, 11) is 0. The molecule has 0 amide bonds. The van der Waals surface area contributed by atoms with E-state index in [-0.39, 0.29) is 10.6 Å². The number of aromatic nitrogens is 3. The monoisotopic (exact) mass is 284 g/mol. The maximum absolute atomic E-state index is 14.0. The number of halogens is 3. The average Bonchev–Trinajstić information content (AvgIpc) is 2.96. The highest BCUT2D eigenvalue weighted by atomic mass is 35.5. The Morgan fingerprint density at radius 3 is 2.89 bits per heavy atom. The molecule has 1 spiro atoms. The minimum atomic E-state index is -0.834. The lowest BCUT2D eigenvalue weighted by molar-refractivity contribution is 0.267. The van der Waals surface area contributed by atoms with Crippen molar-refractivity contribution >= 4 is 22.9 Å². The van der Waals surface area contributed by atoms with Crippen molar-refractivity contribution in [3.63, 3.8) is 0 Å². The highest BCUT2D eigenvalue weighted by Crippen LogP contribution is 2.55. The van der Waals surface area contributed by atoms with Crippen LogP contribution in [0.25, 0.3) is 5.65 Å². The Bertz CT molecular complexity index is 667. The fourth-order valence-corrected chi connectivity index (χ4v) is 3.05. The summed E-state index contributed by atoms with van der Waals surface area (Å²) in [5.74, 6) is -0.573. The summed E-state index contributed by atoms with van der Waals surface area (Å²) < 4.78 is 28.6. The molecular formula is C12H11ClF2N4. The quantitative estimate of drug-likeness (QED) is 0.806. The van der Waals surface area contributed by atoms with Crippen LogP contribution in [0.2, 0.25) is 5.15 Å². The lowest BCUT2D eigenvalue weighted by Gasteiger charge is -2.18. The molecule has 1 aliphatic carbocycles. The summed E-state index contributed by atoms with van der Waals surface area (Å²) in [6.07, 6.45) is 2.10. The fourth-order valence-electron chi connectivity index (χ4n) is 2.88. The van der Waals surface area contributed by atoms with Crippen molar-refractivity contribution in [1.29, 1.82) is 0 Å². The maximum Gasteiger partial charge on any atom is 0.234 e. The Labute approximate surface area is 113 Å². The number of alkyl halides is 1. The molecule has 1 aliphatic heterocycles. The van der Waals surface area contributed by atoms with Crippen molar-refractivity contribution in [3.8, 4) is 0 Å². The molecule has 19 heavy (non-hydrogen) atoms. The Kier molecular flexibility index (Phi) is 2.14. The van der Waals surface area contributed by atoms with Crippen molar-refractivity contribution in [2.75, 3.05) is 18.0 Å². The molecule has 0 bridgehead atoms. The lowest BCUT2D eigenvalue weighted by atomic mass is 10.1. The predicted molar refractivity (Wildman–Crippen MR) is 66.7 cm³/mol. The van der Waals surface area contributed by atoms with Gasteiger partial charge in [0.05, 0.1) is 11.9 Å². The molecule has 4 rings (SSSR count). The first kappa shape index (κ1) is 11.4. The van der Waals surface area contributed by atoms with E-state index >= 15 is 0 Å². The van der Waals surface area contributed by atoms with Crippen molar-refractivity contribution in [1.82, 2.24) is 14.6 Å². The molecule has 2 aromatic rings.